The summed E-state index contributed by atoms with van der Waals surface area (Å²) in [7, 11) is 0. The molecule has 0 aliphatic heterocycles. The number of benzene rings is 2. The normalized spacial score (nSPS) is 10.9. The van der Waals surface area contributed by atoms with E-state index in [2.05, 4.69) is 32.9 Å². The van der Waals surface area contributed by atoms with Crippen molar-refractivity contribution in [2.45, 2.75) is 27.2 Å². The van der Waals surface area contributed by atoms with Crippen LogP contribution < -0.4 is 0 Å². The van der Waals surface area contributed by atoms with Crippen molar-refractivity contribution in [3.63, 3.8) is 0 Å². The first-order valence-corrected chi connectivity index (χ1v) is 5.35. The lowest BCUT2D eigenvalue weighted by atomic mass is 9.94. The summed E-state index contributed by atoms with van der Waals surface area (Å²) in [4.78, 5) is 0. The Labute approximate surface area is 90.4 Å². The monoisotopic (exact) mass is 200 g/mol. The van der Waals surface area contributed by atoms with Crippen LogP contribution in [0.5, 0.6) is 5.75 Å². The number of aromatic hydroxyl groups is 1. The molecule has 0 bridgehead atoms. The van der Waals surface area contributed by atoms with Crippen LogP contribution >= 0.6 is 0 Å². The zero-order valence-corrected chi connectivity index (χ0v) is 9.46. The maximum atomic E-state index is 9.54. The number of aryl methyl sites for hydroxylation is 3. The van der Waals surface area contributed by atoms with Crippen molar-refractivity contribution in [3.8, 4) is 5.75 Å². The van der Waals surface area contributed by atoms with E-state index in [1.54, 1.807) is 0 Å². The van der Waals surface area contributed by atoms with Crippen LogP contribution in [0.25, 0.3) is 10.8 Å². The SMILES string of the molecule is CCc1c(C)ccc2cc(O)cc(C)c12. The van der Waals surface area contributed by atoms with Crippen LogP contribution in [0.3, 0.4) is 0 Å². The highest BCUT2D eigenvalue weighted by molar-refractivity contribution is 5.90. The molecule has 78 valence electrons. The van der Waals surface area contributed by atoms with Gasteiger partial charge in [0.15, 0.2) is 0 Å². The predicted molar refractivity (Wildman–Crippen MR) is 64.5 cm³/mol. The number of rotatable bonds is 1. The zero-order valence-electron chi connectivity index (χ0n) is 9.46. The molecule has 0 atom stereocenters. The van der Waals surface area contributed by atoms with Gasteiger partial charge in [-0.25, -0.2) is 0 Å². The molecule has 1 N–H and O–H groups in total. The second-order valence-electron chi connectivity index (χ2n) is 4.08. The Kier molecular flexibility index (Phi) is 2.39. The summed E-state index contributed by atoms with van der Waals surface area (Å²) < 4.78 is 0. The van der Waals surface area contributed by atoms with Crippen LogP contribution in [0.4, 0.5) is 0 Å². The average Bonchev–Trinajstić information content (AvgIpc) is 2.18. The minimum atomic E-state index is 0.353. The van der Waals surface area contributed by atoms with Gasteiger partial charge in [0.05, 0.1) is 0 Å². The summed E-state index contributed by atoms with van der Waals surface area (Å²) in [5.41, 5.74) is 3.88. The maximum absolute atomic E-state index is 9.54. The minimum Gasteiger partial charge on any atom is -0.508 e. The van der Waals surface area contributed by atoms with Gasteiger partial charge in [0.25, 0.3) is 0 Å². The van der Waals surface area contributed by atoms with Crippen LogP contribution in [-0.4, -0.2) is 5.11 Å². The first-order chi connectivity index (χ1) is 7.13. The van der Waals surface area contributed by atoms with E-state index in [0.717, 1.165) is 17.4 Å². The fourth-order valence-electron chi connectivity index (χ4n) is 2.31. The Morgan fingerprint density at radius 2 is 1.80 bits per heavy atom. The van der Waals surface area contributed by atoms with Crippen molar-refractivity contribution in [2.24, 2.45) is 0 Å². The molecule has 1 nitrogen and oxygen atoms in total. The molecule has 0 aromatic heterocycles. The van der Waals surface area contributed by atoms with Crippen molar-refractivity contribution < 1.29 is 5.11 Å². The van der Waals surface area contributed by atoms with Gasteiger partial charge < -0.3 is 5.11 Å². The Hall–Kier alpha value is -1.50. The van der Waals surface area contributed by atoms with Gasteiger partial charge in [-0.05, 0) is 59.9 Å². The third kappa shape index (κ3) is 1.58. The van der Waals surface area contributed by atoms with E-state index >= 15 is 0 Å². The average molecular weight is 200 g/mol. The van der Waals surface area contributed by atoms with E-state index in [1.165, 1.54) is 16.5 Å². The molecule has 15 heavy (non-hydrogen) atoms. The molecule has 0 saturated carbocycles. The van der Waals surface area contributed by atoms with Crippen molar-refractivity contribution in [1.29, 1.82) is 0 Å². The second kappa shape index (κ2) is 3.58. The smallest absolute Gasteiger partial charge is 0.116 e. The Balaban J connectivity index is 2.91. The number of hydrogen-bond acceptors (Lipinski definition) is 1. The van der Waals surface area contributed by atoms with Crippen molar-refractivity contribution in [3.05, 3.63) is 41.0 Å². The van der Waals surface area contributed by atoms with Gasteiger partial charge in [-0.15, -0.1) is 0 Å². The lowest BCUT2D eigenvalue weighted by molar-refractivity contribution is 0.476. The molecule has 0 heterocycles. The summed E-state index contributed by atoms with van der Waals surface area (Å²) in [6.45, 7) is 6.37. The van der Waals surface area contributed by atoms with E-state index < -0.39 is 0 Å². The fraction of sp³-hybridized carbons (Fsp3) is 0.286. The zero-order chi connectivity index (χ0) is 11.0. The summed E-state index contributed by atoms with van der Waals surface area (Å²) in [5.74, 6) is 0.353. The molecule has 2 aromatic rings. The van der Waals surface area contributed by atoms with E-state index in [1.807, 2.05) is 12.1 Å². The van der Waals surface area contributed by atoms with Crippen LogP contribution in [0.15, 0.2) is 24.3 Å². The molecule has 0 amide bonds. The molecular weight excluding hydrogens is 184 g/mol. The Bertz CT molecular complexity index is 512. The van der Waals surface area contributed by atoms with Crippen molar-refractivity contribution in [2.75, 3.05) is 0 Å². The van der Waals surface area contributed by atoms with E-state index in [0.29, 0.717) is 5.75 Å². The lowest BCUT2D eigenvalue weighted by Gasteiger charge is -2.11. The van der Waals surface area contributed by atoms with Crippen LogP contribution in [-0.2, 0) is 6.42 Å². The van der Waals surface area contributed by atoms with Crippen molar-refractivity contribution in [1.82, 2.24) is 0 Å². The highest BCUT2D eigenvalue weighted by atomic mass is 16.3. The third-order valence-corrected chi connectivity index (χ3v) is 3.00. The Morgan fingerprint density at radius 1 is 1.07 bits per heavy atom. The highest BCUT2D eigenvalue weighted by Crippen LogP contribution is 2.29. The van der Waals surface area contributed by atoms with E-state index in [4.69, 9.17) is 0 Å². The summed E-state index contributed by atoms with van der Waals surface area (Å²) in [6.07, 6.45) is 1.04. The second-order valence-corrected chi connectivity index (χ2v) is 4.08. The molecule has 0 fully saturated rings. The molecule has 0 saturated heterocycles. The summed E-state index contributed by atoms with van der Waals surface area (Å²) in [5, 5.41) is 12.0. The first-order valence-electron chi connectivity index (χ1n) is 5.35. The maximum Gasteiger partial charge on any atom is 0.116 e. The predicted octanol–water partition coefficient (Wildman–Crippen LogP) is 3.72. The minimum absolute atomic E-state index is 0.353. The van der Waals surface area contributed by atoms with Gasteiger partial charge in [-0.2, -0.15) is 0 Å². The van der Waals surface area contributed by atoms with Gasteiger partial charge in [-0.1, -0.05) is 19.1 Å². The summed E-state index contributed by atoms with van der Waals surface area (Å²) >= 11 is 0. The van der Waals surface area contributed by atoms with Gasteiger partial charge >= 0.3 is 0 Å². The molecule has 0 aliphatic carbocycles. The van der Waals surface area contributed by atoms with Gasteiger partial charge in [-0.3, -0.25) is 0 Å². The van der Waals surface area contributed by atoms with Crippen LogP contribution in [0, 0.1) is 13.8 Å². The number of fused-ring (bicyclic) bond motifs is 1. The molecule has 0 aliphatic rings. The van der Waals surface area contributed by atoms with Crippen molar-refractivity contribution >= 4 is 10.8 Å². The number of phenolic OH excluding ortho intramolecular Hbond substituents is 1. The molecule has 0 unspecified atom stereocenters. The molecule has 2 rings (SSSR count). The largest absolute Gasteiger partial charge is 0.508 e. The standard InChI is InChI=1S/C14H16O/c1-4-13-9(2)5-6-11-8-12(15)7-10(3)14(11)13/h5-8,15H,4H2,1-3H3. The fourth-order valence-corrected chi connectivity index (χ4v) is 2.31. The molecule has 0 radical (unpaired) electrons. The van der Waals surface area contributed by atoms with Gasteiger partial charge in [0, 0.05) is 0 Å². The molecule has 0 spiro atoms. The summed E-state index contributed by atoms with van der Waals surface area (Å²) in [6, 6.07) is 7.87. The molecular formula is C14H16O. The topological polar surface area (TPSA) is 20.2 Å². The number of phenols is 1. The third-order valence-electron chi connectivity index (χ3n) is 3.00. The van der Waals surface area contributed by atoms with E-state index in [9.17, 15) is 5.11 Å². The molecule has 1 heteroatoms. The Morgan fingerprint density at radius 3 is 2.47 bits per heavy atom. The quantitative estimate of drug-likeness (QED) is 0.743. The van der Waals surface area contributed by atoms with E-state index in [-0.39, 0.29) is 0 Å². The number of hydrogen-bond donors (Lipinski definition) is 1. The van der Waals surface area contributed by atoms with Gasteiger partial charge in [0.1, 0.15) is 5.75 Å². The van der Waals surface area contributed by atoms with Gasteiger partial charge in [0.2, 0.25) is 0 Å². The molecule has 2 aromatic carbocycles. The van der Waals surface area contributed by atoms with Crippen LogP contribution in [0.1, 0.15) is 23.6 Å². The first kappa shape index (κ1) is 10.0. The lowest BCUT2D eigenvalue weighted by Crippen LogP contribution is -1.91. The highest BCUT2D eigenvalue weighted by Gasteiger charge is 2.06. The van der Waals surface area contributed by atoms with Crippen LogP contribution in [0.2, 0.25) is 0 Å².